The first-order valence-corrected chi connectivity index (χ1v) is 12.6. The first-order chi connectivity index (χ1) is 16.8. The Morgan fingerprint density at radius 3 is 2.26 bits per heavy atom. The number of carbonyl (C=O) groups is 2. The minimum atomic E-state index is -3.68. The summed E-state index contributed by atoms with van der Waals surface area (Å²) < 4.78 is 38.1. The van der Waals surface area contributed by atoms with Crippen molar-refractivity contribution < 1.29 is 27.5 Å². The quantitative estimate of drug-likeness (QED) is 0.482. The molecule has 0 radical (unpaired) electrons. The fourth-order valence-corrected chi connectivity index (χ4v) is 5.07. The molecule has 1 aliphatic heterocycles. The Morgan fingerprint density at radius 2 is 1.57 bits per heavy atom. The van der Waals surface area contributed by atoms with Gasteiger partial charge in [0, 0.05) is 29.9 Å². The molecule has 1 fully saturated rings. The van der Waals surface area contributed by atoms with E-state index in [4.69, 9.17) is 9.47 Å². The van der Waals surface area contributed by atoms with Crippen LogP contribution in [0.1, 0.15) is 22.8 Å². The molecule has 0 spiro atoms. The number of hydrogen-bond donors (Lipinski definition) is 1. The highest BCUT2D eigenvalue weighted by Crippen LogP contribution is 2.21. The largest absolute Gasteiger partial charge is 0.481 e. The molecule has 0 bridgehead atoms. The van der Waals surface area contributed by atoms with E-state index in [-0.39, 0.29) is 10.7 Å². The Labute approximate surface area is 204 Å². The minimum absolute atomic E-state index is 0.101. The number of morpholine rings is 1. The molecule has 8 nitrogen and oxygen atoms in total. The maximum Gasteiger partial charge on any atom is 0.265 e. The summed E-state index contributed by atoms with van der Waals surface area (Å²) >= 11 is 0. The van der Waals surface area contributed by atoms with E-state index in [2.05, 4.69) is 5.32 Å². The molecule has 3 aromatic carbocycles. The average molecular weight is 495 g/mol. The molecule has 182 valence electrons. The van der Waals surface area contributed by atoms with Gasteiger partial charge in [-0.3, -0.25) is 9.59 Å². The summed E-state index contributed by atoms with van der Waals surface area (Å²) in [6.45, 7) is 2.88. The topological polar surface area (TPSA) is 102 Å². The van der Waals surface area contributed by atoms with Crippen molar-refractivity contribution in [2.75, 3.05) is 31.6 Å². The number of rotatable bonds is 8. The fraction of sp³-hybridized carbons (Fsp3) is 0.231. The summed E-state index contributed by atoms with van der Waals surface area (Å²) in [4.78, 5) is 25.3. The van der Waals surface area contributed by atoms with Crippen molar-refractivity contribution in [3.05, 3.63) is 90.0 Å². The molecule has 0 aromatic heterocycles. The summed E-state index contributed by atoms with van der Waals surface area (Å²) in [6, 6.07) is 21.6. The second-order valence-electron chi connectivity index (χ2n) is 8.01. The maximum atomic E-state index is 12.9. The molecule has 1 amide bonds. The van der Waals surface area contributed by atoms with Crippen molar-refractivity contribution in [2.24, 2.45) is 0 Å². The second-order valence-corrected chi connectivity index (χ2v) is 9.95. The molecule has 4 rings (SSSR count). The molecule has 9 heteroatoms. The Hall–Kier alpha value is -3.53. The second kappa shape index (κ2) is 10.8. The lowest BCUT2D eigenvalue weighted by Crippen LogP contribution is -2.40. The lowest BCUT2D eigenvalue weighted by Gasteiger charge is -2.26. The van der Waals surface area contributed by atoms with Crippen molar-refractivity contribution in [3.63, 3.8) is 0 Å². The number of ether oxygens (including phenoxy) is 2. The van der Waals surface area contributed by atoms with Crippen LogP contribution in [0.15, 0.2) is 83.8 Å². The van der Waals surface area contributed by atoms with Gasteiger partial charge >= 0.3 is 0 Å². The summed E-state index contributed by atoms with van der Waals surface area (Å²) in [5.74, 6) is -0.105. The van der Waals surface area contributed by atoms with E-state index >= 15 is 0 Å². The van der Waals surface area contributed by atoms with Gasteiger partial charge in [0.25, 0.3) is 5.91 Å². The van der Waals surface area contributed by atoms with Crippen molar-refractivity contribution in [1.82, 2.24) is 4.31 Å². The minimum Gasteiger partial charge on any atom is -0.481 e. The molecule has 0 saturated carbocycles. The molecule has 1 unspecified atom stereocenters. The van der Waals surface area contributed by atoms with E-state index in [9.17, 15) is 18.0 Å². The van der Waals surface area contributed by atoms with Crippen molar-refractivity contribution >= 4 is 27.4 Å². The molecule has 1 saturated heterocycles. The number of amides is 1. The molecule has 1 atom stereocenters. The maximum absolute atomic E-state index is 12.9. The fourth-order valence-electron chi connectivity index (χ4n) is 3.61. The van der Waals surface area contributed by atoms with Crippen LogP contribution in [0.25, 0.3) is 0 Å². The van der Waals surface area contributed by atoms with Gasteiger partial charge in [0.05, 0.1) is 18.1 Å². The zero-order valence-corrected chi connectivity index (χ0v) is 20.0. The van der Waals surface area contributed by atoms with Crippen LogP contribution in [0.5, 0.6) is 5.75 Å². The van der Waals surface area contributed by atoms with E-state index in [0.717, 1.165) is 0 Å². The van der Waals surface area contributed by atoms with Crippen LogP contribution in [-0.4, -0.2) is 56.8 Å². The molecule has 35 heavy (non-hydrogen) atoms. The van der Waals surface area contributed by atoms with Crippen molar-refractivity contribution in [2.45, 2.75) is 17.9 Å². The standard InChI is InChI=1S/C26H26N2O6S/c1-19(34-23-12-10-21(11-13-23)25(29)20-6-3-2-4-7-20)26(30)27-22-8-5-9-24(18-22)35(31,32)28-14-16-33-17-15-28/h2-13,18-19H,14-17H2,1H3,(H,27,30). The third-order valence-corrected chi connectivity index (χ3v) is 7.44. The summed E-state index contributed by atoms with van der Waals surface area (Å²) in [7, 11) is -3.68. The highest BCUT2D eigenvalue weighted by Gasteiger charge is 2.26. The zero-order chi connectivity index (χ0) is 24.8. The predicted octanol–water partition coefficient (Wildman–Crippen LogP) is 3.34. The number of carbonyl (C=O) groups excluding carboxylic acids is 2. The van der Waals surface area contributed by atoms with Gasteiger partial charge in [-0.25, -0.2) is 8.42 Å². The van der Waals surface area contributed by atoms with Gasteiger partial charge in [-0.05, 0) is 49.4 Å². The number of anilines is 1. The van der Waals surface area contributed by atoms with Crippen molar-refractivity contribution in [1.29, 1.82) is 0 Å². The first kappa shape index (κ1) is 24.6. The van der Waals surface area contributed by atoms with Crippen LogP contribution in [0.2, 0.25) is 0 Å². The van der Waals surface area contributed by atoms with Gasteiger partial charge in [0.2, 0.25) is 10.0 Å². The number of nitrogens with zero attached hydrogens (tertiary/aromatic N) is 1. The molecule has 1 heterocycles. The molecular weight excluding hydrogens is 468 g/mol. The molecule has 3 aromatic rings. The molecule has 1 N–H and O–H groups in total. The zero-order valence-electron chi connectivity index (χ0n) is 19.2. The highest BCUT2D eigenvalue weighted by atomic mass is 32.2. The van der Waals surface area contributed by atoms with Crippen LogP contribution >= 0.6 is 0 Å². The van der Waals surface area contributed by atoms with Gasteiger partial charge in [-0.15, -0.1) is 0 Å². The van der Waals surface area contributed by atoms with Gasteiger partial charge in [0.1, 0.15) is 5.75 Å². The Balaban J connectivity index is 1.38. The van der Waals surface area contributed by atoms with Crippen LogP contribution in [0.3, 0.4) is 0 Å². The number of nitrogens with one attached hydrogen (secondary N) is 1. The number of benzene rings is 3. The van der Waals surface area contributed by atoms with Crippen LogP contribution < -0.4 is 10.1 Å². The van der Waals surface area contributed by atoms with E-state index in [1.807, 2.05) is 6.07 Å². The van der Waals surface area contributed by atoms with Gasteiger partial charge in [-0.1, -0.05) is 36.4 Å². The number of hydrogen-bond acceptors (Lipinski definition) is 6. The Kier molecular flexibility index (Phi) is 7.60. The van der Waals surface area contributed by atoms with E-state index < -0.39 is 22.0 Å². The predicted molar refractivity (Wildman–Crippen MR) is 131 cm³/mol. The smallest absolute Gasteiger partial charge is 0.265 e. The third kappa shape index (κ3) is 5.94. The monoisotopic (exact) mass is 494 g/mol. The third-order valence-electron chi connectivity index (χ3n) is 5.54. The van der Waals surface area contributed by atoms with Crippen molar-refractivity contribution in [3.8, 4) is 5.75 Å². The lowest BCUT2D eigenvalue weighted by atomic mass is 10.0. The number of sulfonamides is 1. The summed E-state index contributed by atoms with van der Waals surface area (Å²) in [5, 5.41) is 2.70. The van der Waals surface area contributed by atoms with Gasteiger partial charge < -0.3 is 14.8 Å². The van der Waals surface area contributed by atoms with Gasteiger partial charge in [-0.2, -0.15) is 4.31 Å². The average Bonchev–Trinajstić information content (AvgIpc) is 2.90. The van der Waals surface area contributed by atoms with Crippen LogP contribution in [0.4, 0.5) is 5.69 Å². The SMILES string of the molecule is CC(Oc1ccc(C(=O)c2ccccc2)cc1)C(=O)Nc1cccc(S(=O)(=O)N2CCOCC2)c1. The summed E-state index contributed by atoms with van der Waals surface area (Å²) in [6.07, 6.45) is -0.856. The lowest BCUT2D eigenvalue weighted by molar-refractivity contribution is -0.122. The van der Waals surface area contributed by atoms with E-state index in [1.165, 1.54) is 16.4 Å². The van der Waals surface area contributed by atoms with Crippen LogP contribution in [-0.2, 0) is 19.6 Å². The van der Waals surface area contributed by atoms with Gasteiger partial charge in [0.15, 0.2) is 11.9 Å². The van der Waals surface area contributed by atoms with E-state index in [0.29, 0.717) is 48.9 Å². The van der Waals surface area contributed by atoms with E-state index in [1.54, 1.807) is 67.6 Å². The Bertz CT molecular complexity index is 1290. The van der Waals surface area contributed by atoms with Crippen LogP contribution in [0, 0.1) is 0 Å². The molecular formula is C26H26N2O6S. The molecule has 0 aliphatic carbocycles. The summed E-state index contributed by atoms with van der Waals surface area (Å²) in [5.41, 5.74) is 1.45. The Morgan fingerprint density at radius 1 is 0.914 bits per heavy atom. The number of ketones is 1. The normalized spacial score (nSPS) is 15.2. The highest BCUT2D eigenvalue weighted by molar-refractivity contribution is 7.89. The molecule has 1 aliphatic rings. The first-order valence-electron chi connectivity index (χ1n) is 11.2.